The first-order valence-electron chi connectivity index (χ1n) is 12.0. The van der Waals surface area contributed by atoms with Gasteiger partial charge in [-0.3, -0.25) is 19.4 Å². The number of hydrogen-bond acceptors (Lipinski definition) is 8. The van der Waals surface area contributed by atoms with Crippen LogP contribution in [0.4, 0.5) is 0 Å². The van der Waals surface area contributed by atoms with Crippen LogP contribution in [0.25, 0.3) is 5.69 Å². The van der Waals surface area contributed by atoms with E-state index in [1.54, 1.807) is 70.8 Å². The highest BCUT2D eigenvalue weighted by molar-refractivity contribution is 6.00. The van der Waals surface area contributed by atoms with Crippen LogP contribution in [0, 0.1) is 19.8 Å². The number of rotatable bonds is 12. The van der Waals surface area contributed by atoms with Gasteiger partial charge in [-0.05, 0) is 52.2 Å². The second-order valence-electron chi connectivity index (χ2n) is 8.52. The fourth-order valence-electron chi connectivity index (χ4n) is 3.70. The lowest BCUT2D eigenvalue weighted by Crippen LogP contribution is -2.54. The van der Waals surface area contributed by atoms with Gasteiger partial charge in [-0.1, -0.05) is 13.8 Å². The van der Waals surface area contributed by atoms with Gasteiger partial charge in [-0.25, -0.2) is 9.48 Å². The molecule has 0 bridgehead atoms. The third-order valence-corrected chi connectivity index (χ3v) is 5.49. The SMILES string of the molecule is CCOC(=O)CC[C@@H](NC(=O)[C@@H](NC(=O)c1c(C)nn(-c2ccncc2)c1C)C(C)C)C(=O)OCC. The van der Waals surface area contributed by atoms with E-state index in [0.717, 1.165) is 5.69 Å². The molecule has 2 N–H and O–H groups in total. The Morgan fingerprint density at radius 1 is 1.00 bits per heavy atom. The molecule has 2 heterocycles. The number of aromatic nitrogens is 3. The lowest BCUT2D eigenvalue weighted by molar-refractivity contribution is -0.149. The van der Waals surface area contributed by atoms with Crippen molar-refractivity contribution >= 4 is 23.8 Å². The first kappa shape index (κ1) is 28.5. The molecule has 11 heteroatoms. The van der Waals surface area contributed by atoms with Crippen molar-refractivity contribution in [2.75, 3.05) is 13.2 Å². The summed E-state index contributed by atoms with van der Waals surface area (Å²) < 4.78 is 11.6. The summed E-state index contributed by atoms with van der Waals surface area (Å²) in [7, 11) is 0. The summed E-state index contributed by atoms with van der Waals surface area (Å²) in [5.74, 6) is -2.45. The Balaban J connectivity index is 2.20. The van der Waals surface area contributed by atoms with E-state index in [9.17, 15) is 19.2 Å². The molecule has 2 rings (SSSR count). The highest BCUT2D eigenvalue weighted by Crippen LogP contribution is 2.18. The molecule has 0 unspecified atom stereocenters. The molecule has 0 aromatic carbocycles. The van der Waals surface area contributed by atoms with Crippen molar-refractivity contribution in [2.45, 2.75) is 66.5 Å². The molecule has 0 spiro atoms. The van der Waals surface area contributed by atoms with Gasteiger partial charge in [-0.2, -0.15) is 5.10 Å². The second kappa shape index (κ2) is 13.4. The van der Waals surface area contributed by atoms with E-state index in [2.05, 4.69) is 20.7 Å². The molecule has 0 aliphatic rings. The maximum Gasteiger partial charge on any atom is 0.328 e. The second-order valence-corrected chi connectivity index (χ2v) is 8.52. The van der Waals surface area contributed by atoms with E-state index < -0.39 is 35.8 Å². The number of carbonyl (C=O) groups is 4. The minimum absolute atomic E-state index is 0.0130. The molecule has 0 fully saturated rings. The Hall–Kier alpha value is -3.76. The summed E-state index contributed by atoms with van der Waals surface area (Å²) in [6.07, 6.45) is 3.21. The van der Waals surface area contributed by atoms with Crippen LogP contribution in [0.15, 0.2) is 24.5 Å². The minimum Gasteiger partial charge on any atom is -0.466 e. The molecule has 196 valence electrons. The van der Waals surface area contributed by atoms with Crippen LogP contribution < -0.4 is 10.6 Å². The van der Waals surface area contributed by atoms with E-state index in [1.165, 1.54) is 0 Å². The van der Waals surface area contributed by atoms with Crippen LogP contribution in [0.3, 0.4) is 0 Å². The van der Waals surface area contributed by atoms with Crippen molar-refractivity contribution in [2.24, 2.45) is 5.92 Å². The highest BCUT2D eigenvalue weighted by atomic mass is 16.5. The fourth-order valence-corrected chi connectivity index (χ4v) is 3.70. The zero-order valence-electron chi connectivity index (χ0n) is 21.7. The number of amides is 2. The zero-order chi connectivity index (χ0) is 26.8. The molecule has 2 amide bonds. The van der Waals surface area contributed by atoms with Crippen molar-refractivity contribution in [3.8, 4) is 5.69 Å². The molecular weight excluding hydrogens is 466 g/mol. The number of carbonyl (C=O) groups excluding carboxylic acids is 4. The zero-order valence-corrected chi connectivity index (χ0v) is 21.7. The Morgan fingerprint density at radius 2 is 1.64 bits per heavy atom. The van der Waals surface area contributed by atoms with E-state index in [1.807, 2.05) is 0 Å². The molecule has 0 aliphatic heterocycles. The monoisotopic (exact) mass is 501 g/mol. The van der Waals surface area contributed by atoms with Crippen LogP contribution in [-0.2, 0) is 23.9 Å². The Morgan fingerprint density at radius 3 is 2.22 bits per heavy atom. The average Bonchev–Trinajstić information content (AvgIpc) is 3.14. The Kier molecular flexibility index (Phi) is 10.6. The number of nitrogens with zero attached hydrogens (tertiary/aromatic N) is 3. The number of nitrogens with one attached hydrogen (secondary N) is 2. The van der Waals surface area contributed by atoms with Crippen LogP contribution in [0.5, 0.6) is 0 Å². The van der Waals surface area contributed by atoms with Crippen molar-refractivity contribution in [1.29, 1.82) is 0 Å². The predicted octanol–water partition coefficient (Wildman–Crippen LogP) is 2.03. The van der Waals surface area contributed by atoms with Gasteiger partial charge in [-0.15, -0.1) is 0 Å². The predicted molar refractivity (Wildman–Crippen MR) is 131 cm³/mol. The molecule has 36 heavy (non-hydrogen) atoms. The molecule has 2 atom stereocenters. The van der Waals surface area contributed by atoms with E-state index in [-0.39, 0.29) is 32.0 Å². The molecule has 0 saturated carbocycles. The quantitative estimate of drug-likeness (QED) is 0.421. The molecule has 0 radical (unpaired) electrons. The van der Waals surface area contributed by atoms with Gasteiger partial charge in [0.15, 0.2) is 0 Å². The largest absolute Gasteiger partial charge is 0.466 e. The molecule has 0 aliphatic carbocycles. The minimum atomic E-state index is -1.06. The van der Waals surface area contributed by atoms with Gasteiger partial charge in [0, 0.05) is 18.8 Å². The third-order valence-electron chi connectivity index (χ3n) is 5.49. The van der Waals surface area contributed by atoms with Crippen molar-refractivity contribution in [3.63, 3.8) is 0 Å². The normalized spacial score (nSPS) is 12.5. The average molecular weight is 502 g/mol. The van der Waals surface area contributed by atoms with Crippen LogP contribution in [-0.4, -0.2) is 63.8 Å². The summed E-state index contributed by atoms with van der Waals surface area (Å²) >= 11 is 0. The number of pyridine rings is 1. The topological polar surface area (TPSA) is 142 Å². The lowest BCUT2D eigenvalue weighted by Gasteiger charge is -2.25. The highest BCUT2D eigenvalue weighted by Gasteiger charge is 2.31. The van der Waals surface area contributed by atoms with E-state index >= 15 is 0 Å². The molecular formula is C25H35N5O6. The first-order valence-corrected chi connectivity index (χ1v) is 12.0. The van der Waals surface area contributed by atoms with Gasteiger partial charge in [0.2, 0.25) is 5.91 Å². The van der Waals surface area contributed by atoms with Gasteiger partial charge >= 0.3 is 11.9 Å². The van der Waals surface area contributed by atoms with Crippen LogP contribution in [0.2, 0.25) is 0 Å². The van der Waals surface area contributed by atoms with Crippen molar-refractivity contribution < 1.29 is 28.7 Å². The van der Waals surface area contributed by atoms with Crippen molar-refractivity contribution in [1.82, 2.24) is 25.4 Å². The Bertz CT molecular complexity index is 1070. The first-order chi connectivity index (χ1) is 17.1. The maximum absolute atomic E-state index is 13.2. The standard InChI is InChI=1S/C25H35N5O6/c1-7-35-20(31)10-9-19(25(34)36-8-2)27-24(33)22(15(3)4)28-23(32)21-16(5)29-30(17(21)6)18-11-13-26-14-12-18/h11-15,19,22H,7-10H2,1-6H3,(H,27,33)(H,28,32)/t19-,22+/m1/s1. The summed E-state index contributed by atoms with van der Waals surface area (Å²) in [6.45, 7) is 10.7. The summed E-state index contributed by atoms with van der Waals surface area (Å²) in [6, 6.07) is 1.55. The number of ether oxygens (including phenoxy) is 2. The molecule has 2 aromatic heterocycles. The molecule has 0 saturated heterocycles. The number of esters is 2. The number of aryl methyl sites for hydroxylation is 1. The smallest absolute Gasteiger partial charge is 0.328 e. The van der Waals surface area contributed by atoms with Gasteiger partial charge in [0.25, 0.3) is 5.91 Å². The molecule has 2 aromatic rings. The van der Waals surface area contributed by atoms with E-state index in [4.69, 9.17) is 9.47 Å². The summed E-state index contributed by atoms with van der Waals surface area (Å²) in [5, 5.41) is 9.88. The molecule has 11 nitrogen and oxygen atoms in total. The van der Waals surface area contributed by atoms with Crippen LogP contribution in [0.1, 0.15) is 62.3 Å². The summed E-state index contributed by atoms with van der Waals surface area (Å²) in [5.41, 5.74) is 2.22. The van der Waals surface area contributed by atoms with E-state index in [0.29, 0.717) is 17.0 Å². The van der Waals surface area contributed by atoms with Gasteiger partial charge in [0.05, 0.1) is 35.9 Å². The van der Waals surface area contributed by atoms with Crippen LogP contribution >= 0.6 is 0 Å². The summed E-state index contributed by atoms with van der Waals surface area (Å²) in [4.78, 5) is 54.6. The maximum atomic E-state index is 13.2. The fraction of sp³-hybridized carbons (Fsp3) is 0.520. The van der Waals surface area contributed by atoms with Gasteiger partial charge in [0.1, 0.15) is 12.1 Å². The van der Waals surface area contributed by atoms with Crippen molar-refractivity contribution in [3.05, 3.63) is 41.5 Å². The Labute approximate surface area is 210 Å². The number of hydrogen-bond donors (Lipinski definition) is 2. The third kappa shape index (κ3) is 7.37. The lowest BCUT2D eigenvalue weighted by atomic mass is 10.0. The van der Waals surface area contributed by atoms with Gasteiger partial charge < -0.3 is 20.1 Å².